The smallest absolute Gasteiger partial charge is 0.254 e. The van der Waals surface area contributed by atoms with Gasteiger partial charge in [0.15, 0.2) is 6.29 Å². The number of aliphatic hydroxyl groups excluding tert-OH is 5. The van der Waals surface area contributed by atoms with Crippen LogP contribution in [0.2, 0.25) is 0 Å². The number of nitrogens with zero attached hydrogens (tertiary/aromatic N) is 1. The second-order valence-corrected chi connectivity index (χ2v) is 10.1. The van der Waals surface area contributed by atoms with Crippen LogP contribution in [-0.2, 0) is 17.7 Å². The zero-order valence-corrected chi connectivity index (χ0v) is 20.5. The van der Waals surface area contributed by atoms with Gasteiger partial charge in [0.25, 0.3) is 5.91 Å². The zero-order valence-electron chi connectivity index (χ0n) is 20.5. The molecule has 6 atom stereocenters. The first-order valence-corrected chi connectivity index (χ1v) is 12.4. The van der Waals surface area contributed by atoms with Gasteiger partial charge >= 0.3 is 0 Å². The fourth-order valence-electron chi connectivity index (χ4n) is 5.32. The molecule has 0 bridgehead atoms. The number of nitrogens with one attached hydrogen (secondary N) is 1. The van der Waals surface area contributed by atoms with Crippen molar-refractivity contribution in [1.29, 1.82) is 0 Å². The Morgan fingerprint density at radius 3 is 2.70 bits per heavy atom. The number of ether oxygens (including phenoxy) is 1. The summed E-state index contributed by atoms with van der Waals surface area (Å²) in [5.41, 5.74) is 2.56. The van der Waals surface area contributed by atoms with Crippen LogP contribution in [-0.4, -0.2) is 79.4 Å². The lowest BCUT2D eigenvalue weighted by Crippen LogP contribution is -2.74. The number of rotatable bonds is 6. The second kappa shape index (κ2) is 10.0. The van der Waals surface area contributed by atoms with Crippen molar-refractivity contribution >= 4 is 22.9 Å². The second-order valence-electron chi connectivity index (χ2n) is 10.1. The van der Waals surface area contributed by atoms with Crippen LogP contribution < -0.4 is 5.32 Å². The van der Waals surface area contributed by atoms with Crippen molar-refractivity contribution < 1.29 is 35.1 Å². The van der Waals surface area contributed by atoms with Gasteiger partial charge in [-0.05, 0) is 41.2 Å². The quantitative estimate of drug-likeness (QED) is 0.289. The summed E-state index contributed by atoms with van der Waals surface area (Å²) in [6.45, 7) is 1.14. The van der Waals surface area contributed by atoms with E-state index >= 15 is 0 Å². The minimum absolute atomic E-state index is 0.272. The monoisotopic (exact) mass is 508 g/mol. The van der Waals surface area contributed by atoms with Crippen molar-refractivity contribution in [2.75, 3.05) is 13.2 Å². The van der Waals surface area contributed by atoms with Crippen LogP contribution in [0.3, 0.4) is 0 Å². The molecule has 6 N–H and O–H groups in total. The average molecular weight is 509 g/mol. The Labute approximate surface area is 214 Å². The number of hydrogen-bond donors (Lipinski definition) is 6. The molecule has 1 aliphatic heterocycles. The molecule has 1 amide bonds. The summed E-state index contributed by atoms with van der Waals surface area (Å²) >= 11 is 0. The molecule has 2 aliphatic rings. The Morgan fingerprint density at radius 1 is 1.16 bits per heavy atom. The summed E-state index contributed by atoms with van der Waals surface area (Å²) in [4.78, 5) is 13.5. The van der Waals surface area contributed by atoms with Gasteiger partial charge in [0.1, 0.15) is 23.9 Å². The highest BCUT2D eigenvalue weighted by Crippen LogP contribution is 2.31. The van der Waals surface area contributed by atoms with E-state index < -0.39 is 49.3 Å². The number of benzene rings is 2. The Hall–Kier alpha value is -3.05. The summed E-state index contributed by atoms with van der Waals surface area (Å²) < 4.78 is 7.15. The van der Waals surface area contributed by atoms with Crippen LogP contribution in [0.15, 0.2) is 54.7 Å². The number of fused-ring (bicyclic) bond motifs is 2. The number of carbonyl (C=O) groups is 1. The predicted molar refractivity (Wildman–Crippen MR) is 137 cm³/mol. The number of amides is 1. The highest BCUT2D eigenvalue weighted by molar-refractivity contribution is 6.07. The van der Waals surface area contributed by atoms with E-state index in [1.807, 2.05) is 16.7 Å². The molecule has 5 rings (SSSR count). The first-order valence-electron chi connectivity index (χ1n) is 12.4. The van der Waals surface area contributed by atoms with E-state index in [9.17, 15) is 30.3 Å². The van der Waals surface area contributed by atoms with E-state index in [1.165, 1.54) is 11.1 Å². The van der Waals surface area contributed by atoms with Gasteiger partial charge in [0, 0.05) is 23.6 Å². The maximum absolute atomic E-state index is 13.5. The number of para-hydroxylation sites is 1. The molecule has 2 aromatic carbocycles. The minimum atomic E-state index is -2.09. The first-order chi connectivity index (χ1) is 17.8. The van der Waals surface area contributed by atoms with E-state index in [0.717, 1.165) is 17.5 Å². The van der Waals surface area contributed by atoms with Gasteiger partial charge < -0.3 is 40.2 Å². The molecule has 1 fully saturated rings. The lowest BCUT2D eigenvalue weighted by molar-refractivity contribution is -0.288. The van der Waals surface area contributed by atoms with Crippen molar-refractivity contribution in [1.82, 2.24) is 9.88 Å². The summed E-state index contributed by atoms with van der Waals surface area (Å²) in [6, 6.07) is 13.8. The normalized spacial score (nSPS) is 29.3. The molecule has 1 aliphatic carbocycles. The van der Waals surface area contributed by atoms with Crippen LogP contribution in [0.4, 0.5) is 0 Å². The zero-order chi connectivity index (χ0) is 26.3. The predicted octanol–water partition coefficient (Wildman–Crippen LogP) is 0.787. The van der Waals surface area contributed by atoms with Crippen molar-refractivity contribution in [3.63, 3.8) is 0 Å². The van der Waals surface area contributed by atoms with Crippen LogP contribution in [0.1, 0.15) is 34.0 Å². The van der Waals surface area contributed by atoms with Crippen LogP contribution in [0.5, 0.6) is 0 Å². The Bertz CT molecular complexity index is 1340. The standard InChI is InChI=1S/C28H32N2O7/c1-16-6-8-19-11-17(7-9-18(19)10-16)12-30-13-21(20-4-2-3-5-22(20)30)26(35)29-28(15-32)25(34)24(33)23(14-31)37-27(28)36/h2-9,11,13,16,23-25,27,31-34,36H,10,12,14-15H2,1H3,(H,29,35)/t16?,23-,24-,25+,27?,28-/m1/s1. The highest BCUT2D eigenvalue weighted by atomic mass is 16.6. The van der Waals surface area contributed by atoms with Gasteiger partial charge in [-0.2, -0.15) is 0 Å². The first kappa shape index (κ1) is 25.6. The molecule has 0 radical (unpaired) electrons. The third-order valence-electron chi connectivity index (χ3n) is 7.51. The van der Waals surface area contributed by atoms with Crippen molar-refractivity contribution in [2.24, 2.45) is 5.92 Å². The third kappa shape index (κ3) is 4.48. The van der Waals surface area contributed by atoms with Crippen molar-refractivity contribution in [3.8, 4) is 0 Å². The molecule has 9 nitrogen and oxygen atoms in total. The van der Waals surface area contributed by atoms with Gasteiger partial charge in [0.2, 0.25) is 0 Å². The lowest BCUT2D eigenvalue weighted by Gasteiger charge is -2.48. The molecule has 196 valence electrons. The lowest BCUT2D eigenvalue weighted by atomic mass is 9.83. The molecule has 1 aromatic heterocycles. The summed E-state index contributed by atoms with van der Waals surface area (Å²) in [5.74, 6) is -0.153. The molecule has 37 heavy (non-hydrogen) atoms. The number of allylic oxidation sites excluding steroid dienone is 1. The third-order valence-corrected chi connectivity index (χ3v) is 7.51. The highest BCUT2D eigenvalue weighted by Gasteiger charge is 2.56. The minimum Gasteiger partial charge on any atom is -0.394 e. The van der Waals surface area contributed by atoms with Gasteiger partial charge in [-0.1, -0.05) is 49.4 Å². The number of aromatic nitrogens is 1. The Balaban J connectivity index is 1.46. The van der Waals surface area contributed by atoms with E-state index in [4.69, 9.17) is 4.74 Å². The number of hydrogen-bond acceptors (Lipinski definition) is 7. The van der Waals surface area contributed by atoms with Gasteiger partial charge in [-0.25, -0.2) is 0 Å². The van der Waals surface area contributed by atoms with E-state index in [2.05, 4.69) is 42.6 Å². The SMILES string of the molecule is CC1C=Cc2cc(Cn3cc(C(=O)N[C@@]4(CO)C(O)O[C@H](CO)[C@@H](O)[C@@H]4O)c4ccccc43)ccc2C1. The maximum Gasteiger partial charge on any atom is 0.254 e. The van der Waals surface area contributed by atoms with E-state index in [0.29, 0.717) is 17.8 Å². The summed E-state index contributed by atoms with van der Waals surface area (Å²) in [6.07, 6.45) is 0.489. The van der Waals surface area contributed by atoms with E-state index in [-0.39, 0.29) is 5.56 Å². The van der Waals surface area contributed by atoms with Crippen molar-refractivity contribution in [2.45, 2.75) is 50.0 Å². The van der Waals surface area contributed by atoms with Gasteiger partial charge in [0.05, 0.1) is 18.8 Å². The molecule has 1 saturated heterocycles. The molecule has 2 heterocycles. The summed E-state index contributed by atoms with van der Waals surface area (Å²) in [7, 11) is 0. The van der Waals surface area contributed by atoms with Crippen LogP contribution >= 0.6 is 0 Å². The topological polar surface area (TPSA) is 144 Å². The molecular weight excluding hydrogens is 476 g/mol. The van der Waals surface area contributed by atoms with Crippen LogP contribution in [0.25, 0.3) is 17.0 Å². The fraction of sp³-hybridized carbons (Fsp3) is 0.393. The van der Waals surface area contributed by atoms with Crippen LogP contribution in [0, 0.1) is 5.92 Å². The number of aliphatic hydroxyl groups is 5. The maximum atomic E-state index is 13.5. The molecular formula is C28H32N2O7. The summed E-state index contributed by atoms with van der Waals surface area (Å²) in [5, 5.41) is 54.2. The molecule has 0 saturated carbocycles. The number of carbonyl (C=O) groups excluding carboxylic acids is 1. The molecule has 0 spiro atoms. The van der Waals surface area contributed by atoms with Gasteiger partial charge in [-0.15, -0.1) is 0 Å². The Morgan fingerprint density at radius 2 is 1.95 bits per heavy atom. The molecule has 2 unspecified atom stereocenters. The fourth-order valence-corrected chi connectivity index (χ4v) is 5.32. The Kier molecular flexibility index (Phi) is 6.93. The van der Waals surface area contributed by atoms with E-state index in [1.54, 1.807) is 18.3 Å². The molecule has 3 aromatic rings. The van der Waals surface area contributed by atoms with Crippen molar-refractivity contribution in [3.05, 3.63) is 77.0 Å². The van der Waals surface area contributed by atoms with Gasteiger partial charge in [-0.3, -0.25) is 4.79 Å². The largest absolute Gasteiger partial charge is 0.394 e. The molecule has 9 heteroatoms. The average Bonchev–Trinajstić information content (AvgIpc) is 3.27.